The summed E-state index contributed by atoms with van der Waals surface area (Å²) in [5.74, 6) is 0.0817. The van der Waals surface area contributed by atoms with Crippen LogP contribution in [-0.2, 0) is 0 Å². The predicted octanol–water partition coefficient (Wildman–Crippen LogP) is 2.62. The first-order valence-corrected chi connectivity index (χ1v) is 5.99. The number of nitrogens with zero attached hydrogens (tertiary/aromatic N) is 2. The lowest BCUT2D eigenvalue weighted by molar-refractivity contribution is 0.413. The molecule has 2 aromatic rings. The van der Waals surface area contributed by atoms with Gasteiger partial charge in [0.2, 0.25) is 5.89 Å². The van der Waals surface area contributed by atoms with Crippen LogP contribution in [-0.4, -0.2) is 9.78 Å². The summed E-state index contributed by atoms with van der Waals surface area (Å²) in [5, 5.41) is 4.30. The fourth-order valence-corrected chi connectivity index (χ4v) is 2.37. The molecule has 1 heterocycles. The highest BCUT2D eigenvalue weighted by atomic mass is 16.4. The average Bonchev–Trinajstić information content (AvgIpc) is 2.99. The standard InChI is InChI=1S/C13H14N2O2/c16-13-15(11-8-4-5-9-11)14-12(17-13)10-6-2-1-3-7-10/h1-3,6-7,11H,4-5,8-9H2. The molecule has 0 radical (unpaired) electrons. The van der Waals surface area contributed by atoms with E-state index in [1.54, 1.807) is 0 Å². The summed E-state index contributed by atoms with van der Waals surface area (Å²) < 4.78 is 6.72. The molecule has 0 bridgehead atoms. The van der Waals surface area contributed by atoms with Gasteiger partial charge in [-0.25, -0.2) is 4.79 Å². The van der Waals surface area contributed by atoms with E-state index in [1.165, 1.54) is 17.5 Å². The Kier molecular flexibility index (Phi) is 2.55. The van der Waals surface area contributed by atoms with Crippen molar-refractivity contribution in [2.75, 3.05) is 0 Å². The van der Waals surface area contributed by atoms with Crippen LogP contribution in [0.15, 0.2) is 39.5 Å². The summed E-state index contributed by atoms with van der Waals surface area (Å²) >= 11 is 0. The Morgan fingerprint density at radius 3 is 2.59 bits per heavy atom. The summed E-state index contributed by atoms with van der Waals surface area (Å²) in [5.41, 5.74) is 0.848. The molecule has 1 aliphatic carbocycles. The number of aromatic nitrogens is 2. The fourth-order valence-electron chi connectivity index (χ4n) is 2.37. The Morgan fingerprint density at radius 2 is 1.88 bits per heavy atom. The average molecular weight is 230 g/mol. The highest BCUT2D eigenvalue weighted by Crippen LogP contribution is 2.28. The van der Waals surface area contributed by atoms with Crippen LogP contribution in [0.1, 0.15) is 31.7 Å². The Morgan fingerprint density at radius 1 is 1.18 bits per heavy atom. The number of benzene rings is 1. The normalized spacial score (nSPS) is 16.5. The number of rotatable bonds is 2. The van der Waals surface area contributed by atoms with Crippen molar-refractivity contribution in [3.05, 3.63) is 40.9 Å². The molecule has 4 heteroatoms. The van der Waals surface area contributed by atoms with Gasteiger partial charge in [0.15, 0.2) is 0 Å². The van der Waals surface area contributed by atoms with Crippen molar-refractivity contribution >= 4 is 0 Å². The molecule has 0 atom stereocenters. The van der Waals surface area contributed by atoms with Gasteiger partial charge in [-0.1, -0.05) is 31.0 Å². The molecule has 1 aromatic heterocycles. The molecule has 1 aliphatic rings. The summed E-state index contributed by atoms with van der Waals surface area (Å²) in [7, 11) is 0. The van der Waals surface area contributed by atoms with Crippen molar-refractivity contribution in [2.24, 2.45) is 0 Å². The van der Waals surface area contributed by atoms with Crippen LogP contribution in [0.5, 0.6) is 0 Å². The Bertz CT molecular complexity index is 550. The van der Waals surface area contributed by atoms with E-state index in [4.69, 9.17) is 4.42 Å². The van der Waals surface area contributed by atoms with E-state index in [2.05, 4.69) is 5.10 Å². The third-order valence-electron chi connectivity index (χ3n) is 3.26. The van der Waals surface area contributed by atoms with E-state index in [-0.39, 0.29) is 11.8 Å². The summed E-state index contributed by atoms with van der Waals surface area (Å²) in [6, 6.07) is 9.75. The largest absolute Gasteiger partial charge is 0.437 e. The lowest BCUT2D eigenvalue weighted by atomic mass is 10.2. The van der Waals surface area contributed by atoms with Crippen molar-refractivity contribution in [2.45, 2.75) is 31.7 Å². The molecule has 1 aromatic carbocycles. The van der Waals surface area contributed by atoms with Crippen molar-refractivity contribution in [3.8, 4) is 11.5 Å². The van der Waals surface area contributed by atoms with Crippen LogP contribution >= 0.6 is 0 Å². The Hall–Kier alpha value is -1.84. The molecule has 3 rings (SSSR count). The molecule has 4 nitrogen and oxygen atoms in total. The van der Waals surface area contributed by atoms with Crippen LogP contribution < -0.4 is 5.76 Å². The minimum Gasteiger partial charge on any atom is -0.388 e. The molecule has 0 N–H and O–H groups in total. The zero-order valence-electron chi connectivity index (χ0n) is 9.50. The molecule has 17 heavy (non-hydrogen) atoms. The number of hydrogen-bond donors (Lipinski definition) is 0. The fraction of sp³-hybridized carbons (Fsp3) is 0.385. The number of hydrogen-bond acceptors (Lipinski definition) is 3. The Labute approximate surface area is 98.9 Å². The topological polar surface area (TPSA) is 48.0 Å². The molecular formula is C13H14N2O2. The molecule has 1 fully saturated rings. The van der Waals surface area contributed by atoms with Crippen LogP contribution in [0.4, 0.5) is 0 Å². The zero-order valence-corrected chi connectivity index (χ0v) is 9.50. The maximum absolute atomic E-state index is 11.7. The van der Waals surface area contributed by atoms with Gasteiger partial charge in [0.05, 0.1) is 6.04 Å². The van der Waals surface area contributed by atoms with Gasteiger partial charge in [0, 0.05) is 5.56 Å². The molecular weight excluding hydrogens is 216 g/mol. The smallest absolute Gasteiger partial charge is 0.388 e. The lowest BCUT2D eigenvalue weighted by Gasteiger charge is -2.04. The van der Waals surface area contributed by atoms with Gasteiger partial charge in [-0.3, -0.25) is 0 Å². The molecule has 1 saturated carbocycles. The van der Waals surface area contributed by atoms with Crippen LogP contribution in [0, 0.1) is 0 Å². The van der Waals surface area contributed by atoms with Crippen molar-refractivity contribution in [1.29, 1.82) is 0 Å². The minimum atomic E-state index is -0.337. The first-order chi connectivity index (χ1) is 8.34. The van der Waals surface area contributed by atoms with Gasteiger partial charge >= 0.3 is 5.76 Å². The van der Waals surface area contributed by atoms with Gasteiger partial charge in [-0.15, -0.1) is 5.10 Å². The third-order valence-corrected chi connectivity index (χ3v) is 3.26. The summed E-state index contributed by atoms with van der Waals surface area (Å²) in [4.78, 5) is 11.7. The van der Waals surface area contributed by atoms with Crippen LogP contribution in [0.25, 0.3) is 11.5 Å². The predicted molar refractivity (Wildman–Crippen MR) is 63.7 cm³/mol. The second kappa shape index (κ2) is 4.20. The maximum atomic E-state index is 11.7. The van der Waals surface area contributed by atoms with Gasteiger partial charge in [-0.2, -0.15) is 4.68 Å². The van der Waals surface area contributed by atoms with E-state index in [1.807, 2.05) is 30.3 Å². The summed E-state index contributed by atoms with van der Waals surface area (Å²) in [6.45, 7) is 0. The maximum Gasteiger partial charge on any atom is 0.437 e. The summed E-state index contributed by atoms with van der Waals surface area (Å²) in [6.07, 6.45) is 4.40. The van der Waals surface area contributed by atoms with Crippen molar-refractivity contribution < 1.29 is 4.42 Å². The van der Waals surface area contributed by atoms with Crippen molar-refractivity contribution in [1.82, 2.24) is 9.78 Å². The molecule has 0 saturated heterocycles. The van der Waals surface area contributed by atoms with E-state index < -0.39 is 0 Å². The van der Waals surface area contributed by atoms with Crippen molar-refractivity contribution in [3.63, 3.8) is 0 Å². The van der Waals surface area contributed by atoms with Gasteiger partial charge < -0.3 is 4.42 Å². The highest BCUT2D eigenvalue weighted by Gasteiger charge is 2.22. The van der Waals surface area contributed by atoms with E-state index >= 15 is 0 Å². The molecule has 0 unspecified atom stereocenters. The molecule has 0 aliphatic heterocycles. The SMILES string of the molecule is O=c1oc(-c2ccccc2)nn1C1CCCC1. The lowest BCUT2D eigenvalue weighted by Crippen LogP contribution is -2.19. The highest BCUT2D eigenvalue weighted by molar-refractivity contribution is 5.51. The second-order valence-electron chi connectivity index (χ2n) is 4.42. The zero-order chi connectivity index (χ0) is 11.7. The van der Waals surface area contributed by atoms with Crippen LogP contribution in [0.2, 0.25) is 0 Å². The molecule has 88 valence electrons. The quantitative estimate of drug-likeness (QED) is 0.796. The van der Waals surface area contributed by atoms with Gasteiger partial charge in [-0.05, 0) is 25.0 Å². The van der Waals surface area contributed by atoms with E-state index in [0.29, 0.717) is 5.89 Å². The minimum absolute atomic E-state index is 0.226. The first kappa shape index (κ1) is 10.3. The van der Waals surface area contributed by atoms with Gasteiger partial charge in [0.1, 0.15) is 0 Å². The van der Waals surface area contributed by atoms with E-state index in [0.717, 1.165) is 18.4 Å². The van der Waals surface area contributed by atoms with E-state index in [9.17, 15) is 4.79 Å². The monoisotopic (exact) mass is 230 g/mol. The van der Waals surface area contributed by atoms with Crippen LogP contribution in [0.3, 0.4) is 0 Å². The second-order valence-corrected chi connectivity index (χ2v) is 4.42. The first-order valence-electron chi connectivity index (χ1n) is 5.99. The third kappa shape index (κ3) is 1.90. The molecule has 0 spiro atoms. The molecule has 0 amide bonds. The Balaban J connectivity index is 1.98. The van der Waals surface area contributed by atoms with Gasteiger partial charge in [0.25, 0.3) is 0 Å².